The van der Waals surface area contributed by atoms with E-state index in [4.69, 9.17) is 5.26 Å². The van der Waals surface area contributed by atoms with Crippen LogP contribution in [0, 0.1) is 17.2 Å². The molecule has 1 N–H and O–H groups in total. The monoisotopic (exact) mass is 398 g/mol. The summed E-state index contributed by atoms with van der Waals surface area (Å²) in [6, 6.07) is 10.5. The molecule has 2 saturated heterocycles. The van der Waals surface area contributed by atoms with E-state index in [1.54, 1.807) is 0 Å². The Kier molecular flexibility index (Phi) is 9.38. The first-order chi connectivity index (χ1) is 11.7. The Labute approximate surface area is 168 Å². The molecule has 0 radical (unpaired) electrons. The lowest BCUT2D eigenvalue weighted by atomic mass is 9.83. The molecule has 0 aromatic heterocycles. The van der Waals surface area contributed by atoms with Crippen molar-refractivity contribution < 1.29 is 4.79 Å². The molecular formula is C19H28Cl2N4O. The number of halogens is 2. The van der Waals surface area contributed by atoms with Crippen LogP contribution in [0.5, 0.6) is 0 Å². The maximum Gasteiger partial charge on any atom is 0.222 e. The fourth-order valence-corrected chi connectivity index (χ4v) is 4.04. The zero-order valence-corrected chi connectivity index (χ0v) is 16.8. The summed E-state index contributed by atoms with van der Waals surface area (Å²) in [6.45, 7) is 4.72. The molecule has 144 valence electrons. The van der Waals surface area contributed by atoms with Crippen molar-refractivity contribution in [2.45, 2.75) is 31.8 Å². The van der Waals surface area contributed by atoms with Crippen LogP contribution in [0.4, 0.5) is 0 Å². The van der Waals surface area contributed by atoms with E-state index in [9.17, 15) is 4.79 Å². The number of nitrogens with one attached hydrogen (secondary N) is 1. The van der Waals surface area contributed by atoms with Gasteiger partial charge in [0.05, 0.1) is 11.6 Å². The molecule has 2 atom stereocenters. The molecule has 7 heteroatoms. The number of fused-ring (bicyclic) bond motifs is 1. The van der Waals surface area contributed by atoms with Gasteiger partial charge < -0.3 is 10.2 Å². The van der Waals surface area contributed by atoms with Gasteiger partial charge in [-0.3, -0.25) is 9.69 Å². The van der Waals surface area contributed by atoms with Crippen LogP contribution in [-0.4, -0.2) is 55.0 Å². The summed E-state index contributed by atoms with van der Waals surface area (Å²) in [5.74, 6) is 0.915. The third kappa shape index (κ3) is 5.34. The van der Waals surface area contributed by atoms with Gasteiger partial charge in [-0.15, -0.1) is 24.8 Å². The van der Waals surface area contributed by atoms with E-state index in [0.29, 0.717) is 29.9 Å². The highest BCUT2D eigenvalue weighted by atomic mass is 35.5. The number of hydrogen-bond acceptors (Lipinski definition) is 4. The molecule has 3 rings (SSSR count). The van der Waals surface area contributed by atoms with E-state index in [1.165, 1.54) is 5.56 Å². The molecule has 1 amide bonds. The minimum Gasteiger partial charge on any atom is -0.338 e. The molecule has 26 heavy (non-hydrogen) atoms. The van der Waals surface area contributed by atoms with Crippen LogP contribution < -0.4 is 5.32 Å². The van der Waals surface area contributed by atoms with Gasteiger partial charge in [0.1, 0.15) is 0 Å². The molecule has 5 nitrogen and oxygen atoms in total. The van der Waals surface area contributed by atoms with Gasteiger partial charge in [-0.05, 0) is 43.5 Å². The van der Waals surface area contributed by atoms with Crippen LogP contribution in [0.2, 0.25) is 0 Å². The van der Waals surface area contributed by atoms with Gasteiger partial charge in [-0.2, -0.15) is 5.26 Å². The third-order valence-corrected chi connectivity index (χ3v) is 5.32. The standard InChI is InChI=1S/C19H26N4O.2ClH/c1-21-9-11-23-18-8-10-22(14-17(18)6-7-19(23)24)13-16-4-2-15(12-20)3-5-16;;/h2-5,17-18,21H,6-11,13-14H2,1H3;2*1H/t17-,18+;;/m0../s1. The zero-order chi connectivity index (χ0) is 16.9. The molecule has 2 aliphatic heterocycles. The van der Waals surface area contributed by atoms with Crippen molar-refractivity contribution in [3.63, 3.8) is 0 Å². The van der Waals surface area contributed by atoms with E-state index in [0.717, 1.165) is 45.6 Å². The van der Waals surface area contributed by atoms with E-state index in [1.807, 2.05) is 31.3 Å². The van der Waals surface area contributed by atoms with Crippen LogP contribution in [0.15, 0.2) is 24.3 Å². The molecule has 1 aromatic carbocycles. The number of rotatable bonds is 5. The van der Waals surface area contributed by atoms with E-state index in [-0.39, 0.29) is 24.8 Å². The molecule has 2 heterocycles. The zero-order valence-electron chi connectivity index (χ0n) is 15.2. The molecule has 2 fully saturated rings. The lowest BCUT2D eigenvalue weighted by Gasteiger charge is -2.47. The number of piperidine rings is 2. The summed E-state index contributed by atoms with van der Waals surface area (Å²) in [5.41, 5.74) is 1.97. The number of likely N-dealkylation sites (tertiary alicyclic amines) is 2. The van der Waals surface area contributed by atoms with Gasteiger partial charge >= 0.3 is 0 Å². The molecular weight excluding hydrogens is 371 g/mol. The number of benzene rings is 1. The fraction of sp³-hybridized carbons (Fsp3) is 0.579. The van der Waals surface area contributed by atoms with Crippen molar-refractivity contribution in [2.75, 3.05) is 33.2 Å². The van der Waals surface area contributed by atoms with E-state index in [2.05, 4.69) is 21.2 Å². The first kappa shape index (κ1) is 22.7. The summed E-state index contributed by atoms with van der Waals surface area (Å²) in [6.07, 6.45) is 2.77. The Hall–Kier alpha value is -1.32. The van der Waals surface area contributed by atoms with Crippen LogP contribution in [0.3, 0.4) is 0 Å². The minimum atomic E-state index is 0. The van der Waals surface area contributed by atoms with Crippen molar-refractivity contribution in [3.05, 3.63) is 35.4 Å². The maximum absolute atomic E-state index is 12.2. The molecule has 0 bridgehead atoms. The Balaban J connectivity index is 0.00000169. The second-order valence-electron chi connectivity index (χ2n) is 6.89. The summed E-state index contributed by atoms with van der Waals surface area (Å²) in [4.78, 5) is 16.9. The van der Waals surface area contributed by atoms with Gasteiger partial charge in [-0.1, -0.05) is 12.1 Å². The first-order valence-electron chi connectivity index (χ1n) is 8.86. The van der Waals surface area contributed by atoms with Gasteiger partial charge in [0, 0.05) is 45.2 Å². The van der Waals surface area contributed by atoms with E-state index < -0.39 is 0 Å². The van der Waals surface area contributed by atoms with Crippen molar-refractivity contribution in [1.82, 2.24) is 15.1 Å². The second kappa shape index (κ2) is 10.7. The predicted molar refractivity (Wildman–Crippen MR) is 108 cm³/mol. The second-order valence-corrected chi connectivity index (χ2v) is 6.89. The van der Waals surface area contributed by atoms with E-state index >= 15 is 0 Å². The lowest BCUT2D eigenvalue weighted by molar-refractivity contribution is -0.141. The number of carbonyl (C=O) groups excluding carboxylic acids is 1. The number of nitriles is 1. The minimum absolute atomic E-state index is 0. The van der Waals surface area contributed by atoms with Gasteiger partial charge in [0.2, 0.25) is 5.91 Å². The summed E-state index contributed by atoms with van der Waals surface area (Å²) in [5, 5.41) is 12.0. The third-order valence-electron chi connectivity index (χ3n) is 5.32. The number of likely N-dealkylation sites (N-methyl/N-ethyl adjacent to an activating group) is 1. The van der Waals surface area contributed by atoms with Crippen LogP contribution >= 0.6 is 24.8 Å². The number of nitrogens with zero attached hydrogens (tertiary/aromatic N) is 3. The molecule has 0 spiro atoms. The van der Waals surface area contributed by atoms with Crippen LogP contribution in [0.1, 0.15) is 30.4 Å². The number of hydrogen-bond donors (Lipinski definition) is 1. The van der Waals surface area contributed by atoms with Crippen molar-refractivity contribution >= 4 is 30.7 Å². The van der Waals surface area contributed by atoms with Crippen LogP contribution in [0.25, 0.3) is 0 Å². The largest absolute Gasteiger partial charge is 0.338 e. The summed E-state index contributed by atoms with van der Waals surface area (Å²) in [7, 11) is 1.94. The topological polar surface area (TPSA) is 59.4 Å². The summed E-state index contributed by atoms with van der Waals surface area (Å²) < 4.78 is 0. The van der Waals surface area contributed by atoms with Crippen LogP contribution in [-0.2, 0) is 11.3 Å². The number of carbonyl (C=O) groups is 1. The Morgan fingerprint density at radius 1 is 1.23 bits per heavy atom. The fourth-order valence-electron chi connectivity index (χ4n) is 4.04. The molecule has 0 saturated carbocycles. The van der Waals surface area contributed by atoms with Gasteiger partial charge in [0.25, 0.3) is 0 Å². The highest BCUT2D eigenvalue weighted by Crippen LogP contribution is 2.31. The highest BCUT2D eigenvalue weighted by molar-refractivity contribution is 5.85. The maximum atomic E-state index is 12.2. The van der Waals surface area contributed by atoms with Gasteiger partial charge in [-0.25, -0.2) is 0 Å². The quantitative estimate of drug-likeness (QED) is 0.827. The average molecular weight is 399 g/mol. The van der Waals surface area contributed by atoms with Crippen molar-refractivity contribution in [1.29, 1.82) is 5.26 Å². The SMILES string of the molecule is CNCCN1C(=O)CC[C@H]2CN(Cc3ccc(C#N)cc3)CC[C@H]21.Cl.Cl. The Morgan fingerprint density at radius 3 is 2.62 bits per heavy atom. The number of amides is 1. The molecule has 2 aliphatic rings. The summed E-state index contributed by atoms with van der Waals surface area (Å²) >= 11 is 0. The highest BCUT2D eigenvalue weighted by Gasteiger charge is 2.38. The lowest BCUT2D eigenvalue weighted by Crippen LogP contribution is -2.56. The Bertz CT molecular complexity index is 617. The average Bonchev–Trinajstić information content (AvgIpc) is 2.61. The Morgan fingerprint density at radius 2 is 1.96 bits per heavy atom. The van der Waals surface area contributed by atoms with Gasteiger partial charge in [0.15, 0.2) is 0 Å². The molecule has 0 aliphatic carbocycles. The van der Waals surface area contributed by atoms with Crippen molar-refractivity contribution in [3.8, 4) is 6.07 Å². The first-order valence-corrected chi connectivity index (χ1v) is 8.86. The normalized spacial score (nSPS) is 22.6. The smallest absolute Gasteiger partial charge is 0.222 e. The molecule has 1 aromatic rings. The molecule has 0 unspecified atom stereocenters. The van der Waals surface area contributed by atoms with Crippen molar-refractivity contribution in [2.24, 2.45) is 5.92 Å². The predicted octanol–water partition coefficient (Wildman–Crippen LogP) is 2.43.